The Balaban J connectivity index is 1.74. The van der Waals surface area contributed by atoms with E-state index in [2.05, 4.69) is 16.7 Å². The summed E-state index contributed by atoms with van der Waals surface area (Å²) in [5.74, 6) is -0.0685. The van der Waals surface area contributed by atoms with Crippen molar-refractivity contribution >= 4 is 17.6 Å². The molecule has 1 saturated heterocycles. The van der Waals surface area contributed by atoms with Gasteiger partial charge in [0.2, 0.25) is 5.91 Å². The van der Waals surface area contributed by atoms with Crippen molar-refractivity contribution in [1.29, 1.82) is 0 Å². The Kier molecular flexibility index (Phi) is 3.82. The van der Waals surface area contributed by atoms with Crippen LogP contribution in [-0.2, 0) is 11.2 Å². The van der Waals surface area contributed by atoms with Gasteiger partial charge in [0.05, 0.1) is 0 Å². The number of nitrogens with zero attached hydrogens (tertiary/aromatic N) is 1. The molecule has 2 heterocycles. The molecule has 112 valence electrons. The highest BCUT2D eigenvalue weighted by atomic mass is 16.2. The standard InChI is InChI=1S/C16H21N3O2/c1-11-10-12-6-2-3-8-14(12)19(11)16(21)18-13-7-4-5-9-17-15(13)20/h2-3,6,8,11,13H,4-5,7,9-10H2,1H3,(H,17,20)(H,18,21)/t11-,13+/m0/s1. The van der Waals surface area contributed by atoms with Crippen LogP contribution in [0.15, 0.2) is 24.3 Å². The van der Waals surface area contributed by atoms with E-state index < -0.39 is 6.04 Å². The lowest BCUT2D eigenvalue weighted by Crippen LogP contribution is -2.52. The van der Waals surface area contributed by atoms with E-state index in [4.69, 9.17) is 0 Å². The first-order valence-electron chi connectivity index (χ1n) is 7.62. The smallest absolute Gasteiger partial charge is 0.322 e. The molecule has 0 bridgehead atoms. The zero-order chi connectivity index (χ0) is 14.8. The van der Waals surface area contributed by atoms with Crippen molar-refractivity contribution in [2.45, 2.75) is 44.7 Å². The number of urea groups is 1. The van der Waals surface area contributed by atoms with Crippen LogP contribution in [0.3, 0.4) is 0 Å². The molecular weight excluding hydrogens is 266 g/mol. The molecule has 0 aromatic heterocycles. The lowest BCUT2D eigenvalue weighted by Gasteiger charge is -2.25. The zero-order valence-corrected chi connectivity index (χ0v) is 12.3. The maximum Gasteiger partial charge on any atom is 0.322 e. The summed E-state index contributed by atoms with van der Waals surface area (Å²) in [5.41, 5.74) is 2.14. The Morgan fingerprint density at radius 3 is 3.00 bits per heavy atom. The monoisotopic (exact) mass is 287 g/mol. The maximum absolute atomic E-state index is 12.6. The number of nitrogens with one attached hydrogen (secondary N) is 2. The molecule has 5 heteroatoms. The molecule has 2 aliphatic heterocycles. The summed E-state index contributed by atoms with van der Waals surface area (Å²) >= 11 is 0. The first-order chi connectivity index (χ1) is 10.2. The Bertz CT molecular complexity index is 558. The van der Waals surface area contributed by atoms with Crippen molar-refractivity contribution in [3.63, 3.8) is 0 Å². The lowest BCUT2D eigenvalue weighted by atomic mass is 10.1. The van der Waals surface area contributed by atoms with Gasteiger partial charge >= 0.3 is 6.03 Å². The summed E-state index contributed by atoms with van der Waals surface area (Å²) < 4.78 is 0. The van der Waals surface area contributed by atoms with Crippen LogP contribution < -0.4 is 15.5 Å². The molecule has 1 aromatic rings. The van der Waals surface area contributed by atoms with Gasteiger partial charge in [-0.3, -0.25) is 9.69 Å². The fourth-order valence-electron chi connectivity index (χ4n) is 3.17. The Hall–Kier alpha value is -2.04. The number of hydrogen-bond acceptors (Lipinski definition) is 2. The normalized spacial score (nSPS) is 25.0. The predicted octanol–water partition coefficient (Wildman–Crippen LogP) is 1.82. The molecule has 1 fully saturated rings. The van der Waals surface area contributed by atoms with Gasteiger partial charge in [-0.15, -0.1) is 0 Å². The summed E-state index contributed by atoms with van der Waals surface area (Å²) in [5, 5.41) is 5.75. The number of para-hydroxylation sites is 1. The summed E-state index contributed by atoms with van der Waals surface area (Å²) in [7, 11) is 0. The van der Waals surface area contributed by atoms with Crippen LogP contribution in [0, 0.1) is 0 Å². The molecule has 5 nitrogen and oxygen atoms in total. The van der Waals surface area contributed by atoms with Gasteiger partial charge in [-0.1, -0.05) is 18.2 Å². The molecule has 3 rings (SSSR count). The molecule has 0 unspecified atom stereocenters. The quantitative estimate of drug-likeness (QED) is 0.827. The van der Waals surface area contributed by atoms with Crippen LogP contribution in [-0.4, -0.2) is 30.6 Å². The van der Waals surface area contributed by atoms with E-state index in [1.807, 2.05) is 25.1 Å². The highest BCUT2D eigenvalue weighted by Gasteiger charge is 2.33. The number of carbonyl (C=O) groups excluding carboxylic acids is 2. The molecule has 1 aromatic carbocycles. The van der Waals surface area contributed by atoms with Crippen molar-refractivity contribution in [2.24, 2.45) is 0 Å². The van der Waals surface area contributed by atoms with Gasteiger partial charge in [0.25, 0.3) is 0 Å². The van der Waals surface area contributed by atoms with E-state index in [-0.39, 0.29) is 18.0 Å². The van der Waals surface area contributed by atoms with Crippen molar-refractivity contribution in [2.75, 3.05) is 11.4 Å². The van der Waals surface area contributed by atoms with Gasteiger partial charge in [-0.25, -0.2) is 4.79 Å². The maximum atomic E-state index is 12.6. The van der Waals surface area contributed by atoms with Crippen LogP contribution in [0.5, 0.6) is 0 Å². The fourth-order valence-corrected chi connectivity index (χ4v) is 3.17. The predicted molar refractivity (Wildman–Crippen MR) is 81.3 cm³/mol. The molecule has 0 radical (unpaired) electrons. The van der Waals surface area contributed by atoms with Crippen LogP contribution in [0.1, 0.15) is 31.7 Å². The van der Waals surface area contributed by atoms with Crippen molar-refractivity contribution in [3.8, 4) is 0 Å². The number of carbonyl (C=O) groups is 2. The largest absolute Gasteiger partial charge is 0.354 e. The second-order valence-corrected chi connectivity index (χ2v) is 5.84. The molecule has 0 spiro atoms. The first kappa shape index (κ1) is 13.9. The summed E-state index contributed by atoms with van der Waals surface area (Å²) in [6.07, 6.45) is 3.50. The number of benzene rings is 1. The Labute approximate surface area is 124 Å². The molecule has 0 saturated carbocycles. The number of hydrogen-bond donors (Lipinski definition) is 2. The second kappa shape index (κ2) is 5.76. The van der Waals surface area contributed by atoms with E-state index in [9.17, 15) is 9.59 Å². The molecule has 0 aliphatic carbocycles. The average Bonchev–Trinajstić information content (AvgIpc) is 2.67. The van der Waals surface area contributed by atoms with E-state index in [1.54, 1.807) is 4.90 Å². The molecule has 2 aliphatic rings. The summed E-state index contributed by atoms with van der Waals surface area (Å²) in [4.78, 5) is 26.3. The SMILES string of the molecule is C[C@H]1Cc2ccccc2N1C(=O)N[C@@H]1CCCCNC1=O. The number of anilines is 1. The average molecular weight is 287 g/mol. The number of rotatable bonds is 1. The molecule has 3 amide bonds. The van der Waals surface area contributed by atoms with Crippen LogP contribution in [0.25, 0.3) is 0 Å². The lowest BCUT2D eigenvalue weighted by molar-refractivity contribution is -0.122. The van der Waals surface area contributed by atoms with Gasteiger partial charge in [-0.2, -0.15) is 0 Å². The molecule has 2 atom stereocenters. The molecule has 21 heavy (non-hydrogen) atoms. The minimum absolute atomic E-state index is 0.0685. The summed E-state index contributed by atoms with van der Waals surface area (Å²) in [6.45, 7) is 2.74. The third kappa shape index (κ3) is 2.73. The van der Waals surface area contributed by atoms with Crippen LogP contribution in [0.2, 0.25) is 0 Å². The van der Waals surface area contributed by atoms with Crippen molar-refractivity contribution < 1.29 is 9.59 Å². The third-order valence-corrected chi connectivity index (χ3v) is 4.26. The molecular formula is C16H21N3O2. The molecule has 2 N–H and O–H groups in total. The van der Waals surface area contributed by atoms with Gasteiger partial charge in [0.1, 0.15) is 6.04 Å². The Morgan fingerprint density at radius 2 is 2.14 bits per heavy atom. The van der Waals surface area contributed by atoms with Gasteiger partial charge in [-0.05, 0) is 44.2 Å². The van der Waals surface area contributed by atoms with E-state index in [0.717, 1.165) is 24.9 Å². The van der Waals surface area contributed by atoms with E-state index in [0.29, 0.717) is 13.0 Å². The highest BCUT2D eigenvalue weighted by Crippen LogP contribution is 2.31. The van der Waals surface area contributed by atoms with Crippen molar-refractivity contribution in [3.05, 3.63) is 29.8 Å². The number of fused-ring (bicyclic) bond motifs is 1. The van der Waals surface area contributed by atoms with Crippen LogP contribution in [0.4, 0.5) is 10.5 Å². The van der Waals surface area contributed by atoms with Gasteiger partial charge < -0.3 is 10.6 Å². The van der Waals surface area contributed by atoms with Crippen molar-refractivity contribution in [1.82, 2.24) is 10.6 Å². The van der Waals surface area contributed by atoms with Gasteiger partial charge in [0, 0.05) is 18.3 Å². The zero-order valence-electron chi connectivity index (χ0n) is 12.3. The minimum atomic E-state index is -0.417. The second-order valence-electron chi connectivity index (χ2n) is 5.84. The van der Waals surface area contributed by atoms with E-state index >= 15 is 0 Å². The third-order valence-electron chi connectivity index (χ3n) is 4.26. The van der Waals surface area contributed by atoms with Gasteiger partial charge in [0.15, 0.2) is 0 Å². The topological polar surface area (TPSA) is 61.4 Å². The van der Waals surface area contributed by atoms with E-state index in [1.165, 1.54) is 5.56 Å². The number of amides is 3. The summed E-state index contributed by atoms with van der Waals surface area (Å²) in [6, 6.07) is 7.48. The fraction of sp³-hybridized carbons (Fsp3) is 0.500. The first-order valence-corrected chi connectivity index (χ1v) is 7.62. The Morgan fingerprint density at radius 1 is 1.33 bits per heavy atom. The highest BCUT2D eigenvalue weighted by molar-refractivity contribution is 5.97. The van der Waals surface area contributed by atoms with Crippen LogP contribution >= 0.6 is 0 Å². The minimum Gasteiger partial charge on any atom is -0.354 e.